The highest BCUT2D eigenvalue weighted by atomic mass is 16.5. The van der Waals surface area contributed by atoms with Crippen LogP contribution in [-0.2, 0) is 19.6 Å². The fraction of sp³-hybridized carbons (Fsp3) is 0.227. The third kappa shape index (κ3) is 3.77. The Kier molecular flexibility index (Phi) is 4.95. The first-order chi connectivity index (χ1) is 12.8. The molecule has 0 aliphatic heterocycles. The van der Waals surface area contributed by atoms with Gasteiger partial charge in [0.05, 0.1) is 12.1 Å². The van der Waals surface area contributed by atoms with E-state index in [9.17, 15) is 5.11 Å². The minimum atomic E-state index is -0.365. The summed E-state index contributed by atoms with van der Waals surface area (Å²) in [4.78, 5) is 4.00. The normalized spacial score (nSPS) is 18.5. The van der Waals surface area contributed by atoms with Crippen molar-refractivity contribution in [2.24, 2.45) is 0 Å². The maximum absolute atomic E-state index is 10.3. The highest BCUT2D eigenvalue weighted by Crippen LogP contribution is 2.31. The summed E-state index contributed by atoms with van der Waals surface area (Å²) < 4.78 is 5.80. The third-order valence-electron chi connectivity index (χ3n) is 4.81. The van der Waals surface area contributed by atoms with Crippen LogP contribution in [0.3, 0.4) is 0 Å². The van der Waals surface area contributed by atoms with Crippen molar-refractivity contribution < 1.29 is 9.84 Å². The van der Waals surface area contributed by atoms with Crippen molar-refractivity contribution in [2.75, 3.05) is 0 Å². The second-order valence-electron chi connectivity index (χ2n) is 6.62. The van der Waals surface area contributed by atoms with Crippen LogP contribution >= 0.6 is 0 Å². The minimum absolute atomic E-state index is 0.00573. The van der Waals surface area contributed by atoms with Crippen molar-refractivity contribution in [3.05, 3.63) is 95.3 Å². The van der Waals surface area contributed by atoms with Crippen LogP contribution in [0.5, 0.6) is 5.75 Å². The van der Waals surface area contributed by atoms with E-state index in [1.54, 1.807) is 12.4 Å². The molecule has 1 aliphatic rings. The SMILES string of the molecule is OC1Cc2ccccc2C1NCc1ccc(OCc2ccncc2)cc1. The van der Waals surface area contributed by atoms with E-state index < -0.39 is 0 Å². The zero-order valence-electron chi connectivity index (χ0n) is 14.5. The molecule has 1 aromatic heterocycles. The number of aliphatic hydroxyl groups is 1. The highest BCUT2D eigenvalue weighted by Gasteiger charge is 2.29. The molecule has 1 aliphatic carbocycles. The van der Waals surface area contributed by atoms with Crippen LogP contribution in [0.4, 0.5) is 0 Å². The van der Waals surface area contributed by atoms with Gasteiger partial charge in [-0.15, -0.1) is 0 Å². The number of aliphatic hydroxyl groups excluding tert-OH is 1. The molecule has 0 bridgehead atoms. The molecule has 2 unspecified atom stereocenters. The van der Waals surface area contributed by atoms with E-state index in [0.717, 1.165) is 23.3 Å². The molecular weight excluding hydrogens is 324 g/mol. The lowest BCUT2D eigenvalue weighted by molar-refractivity contribution is 0.140. The molecule has 4 rings (SSSR count). The summed E-state index contributed by atoms with van der Waals surface area (Å²) in [6, 6.07) is 20.2. The molecule has 26 heavy (non-hydrogen) atoms. The minimum Gasteiger partial charge on any atom is -0.489 e. The lowest BCUT2D eigenvalue weighted by Gasteiger charge is -2.18. The summed E-state index contributed by atoms with van der Waals surface area (Å²) in [5, 5.41) is 13.8. The third-order valence-corrected chi connectivity index (χ3v) is 4.81. The molecule has 0 spiro atoms. The van der Waals surface area contributed by atoms with Gasteiger partial charge in [-0.25, -0.2) is 0 Å². The quantitative estimate of drug-likeness (QED) is 0.718. The van der Waals surface area contributed by atoms with Gasteiger partial charge in [-0.05, 0) is 46.5 Å². The number of pyridine rings is 1. The first-order valence-corrected chi connectivity index (χ1v) is 8.89. The number of aromatic nitrogens is 1. The van der Waals surface area contributed by atoms with E-state index in [-0.39, 0.29) is 12.1 Å². The number of fused-ring (bicyclic) bond motifs is 1. The van der Waals surface area contributed by atoms with Crippen LogP contribution in [0.1, 0.15) is 28.3 Å². The van der Waals surface area contributed by atoms with E-state index in [0.29, 0.717) is 13.2 Å². The van der Waals surface area contributed by atoms with Crippen LogP contribution in [0.25, 0.3) is 0 Å². The van der Waals surface area contributed by atoms with Gasteiger partial charge in [0.15, 0.2) is 0 Å². The molecule has 2 aromatic carbocycles. The molecular formula is C22H22N2O2. The second kappa shape index (κ2) is 7.68. The number of nitrogens with one attached hydrogen (secondary N) is 1. The molecule has 0 saturated carbocycles. The van der Waals surface area contributed by atoms with Crippen LogP contribution in [0.15, 0.2) is 73.1 Å². The maximum Gasteiger partial charge on any atom is 0.119 e. The van der Waals surface area contributed by atoms with E-state index in [2.05, 4.69) is 34.6 Å². The topological polar surface area (TPSA) is 54.4 Å². The van der Waals surface area contributed by atoms with Crippen LogP contribution in [-0.4, -0.2) is 16.2 Å². The number of rotatable bonds is 6. The molecule has 0 radical (unpaired) electrons. The predicted molar refractivity (Wildman–Crippen MR) is 101 cm³/mol. The van der Waals surface area contributed by atoms with Gasteiger partial charge in [-0.1, -0.05) is 36.4 Å². The Morgan fingerprint density at radius 2 is 1.73 bits per heavy atom. The average Bonchev–Trinajstić information content (AvgIpc) is 3.01. The summed E-state index contributed by atoms with van der Waals surface area (Å²) in [5.41, 5.74) is 4.70. The lowest BCUT2D eigenvalue weighted by atomic mass is 10.1. The zero-order valence-corrected chi connectivity index (χ0v) is 14.5. The summed E-state index contributed by atoms with van der Waals surface area (Å²) in [6.07, 6.45) is 3.89. The van der Waals surface area contributed by atoms with Gasteiger partial charge in [-0.3, -0.25) is 4.98 Å². The Morgan fingerprint density at radius 3 is 2.54 bits per heavy atom. The average molecular weight is 346 g/mol. The Bertz CT molecular complexity index is 850. The van der Waals surface area contributed by atoms with Crippen molar-refractivity contribution in [2.45, 2.75) is 31.7 Å². The standard InChI is InChI=1S/C22H22N2O2/c25-21-13-18-3-1-2-4-20(18)22(21)24-14-16-5-7-19(8-6-16)26-15-17-9-11-23-12-10-17/h1-12,21-22,24-25H,13-15H2. The molecule has 4 nitrogen and oxygen atoms in total. The summed E-state index contributed by atoms with van der Waals surface area (Å²) in [7, 11) is 0. The predicted octanol–water partition coefficient (Wildman–Crippen LogP) is 3.41. The van der Waals surface area contributed by atoms with Gasteiger partial charge in [0, 0.05) is 25.4 Å². The van der Waals surface area contributed by atoms with E-state index in [1.165, 1.54) is 11.1 Å². The molecule has 4 heteroatoms. The summed E-state index contributed by atoms with van der Waals surface area (Å²) in [5.74, 6) is 0.844. The molecule has 0 amide bonds. The van der Waals surface area contributed by atoms with Gasteiger partial charge in [0.25, 0.3) is 0 Å². The molecule has 3 aromatic rings. The van der Waals surface area contributed by atoms with Gasteiger partial charge < -0.3 is 15.2 Å². The molecule has 132 valence electrons. The maximum atomic E-state index is 10.3. The van der Waals surface area contributed by atoms with Crippen LogP contribution < -0.4 is 10.1 Å². The molecule has 0 fully saturated rings. The van der Waals surface area contributed by atoms with Crippen molar-refractivity contribution in [3.63, 3.8) is 0 Å². The van der Waals surface area contributed by atoms with Crippen LogP contribution in [0, 0.1) is 0 Å². The summed E-state index contributed by atoms with van der Waals surface area (Å²) in [6.45, 7) is 1.24. The van der Waals surface area contributed by atoms with E-state index in [1.807, 2.05) is 36.4 Å². The van der Waals surface area contributed by atoms with Gasteiger partial charge >= 0.3 is 0 Å². The van der Waals surface area contributed by atoms with Gasteiger partial charge in [-0.2, -0.15) is 0 Å². The number of ether oxygens (including phenoxy) is 1. The first-order valence-electron chi connectivity index (χ1n) is 8.89. The Morgan fingerprint density at radius 1 is 0.962 bits per heavy atom. The second-order valence-corrected chi connectivity index (χ2v) is 6.62. The van der Waals surface area contributed by atoms with Gasteiger partial charge in [0.2, 0.25) is 0 Å². The highest BCUT2D eigenvalue weighted by molar-refractivity contribution is 5.36. The molecule has 1 heterocycles. The molecule has 0 saturated heterocycles. The monoisotopic (exact) mass is 346 g/mol. The first kappa shape index (κ1) is 16.8. The largest absolute Gasteiger partial charge is 0.489 e. The van der Waals surface area contributed by atoms with Crippen molar-refractivity contribution >= 4 is 0 Å². The van der Waals surface area contributed by atoms with E-state index >= 15 is 0 Å². The number of benzene rings is 2. The fourth-order valence-electron chi connectivity index (χ4n) is 3.40. The number of hydrogen-bond donors (Lipinski definition) is 2. The van der Waals surface area contributed by atoms with Crippen LogP contribution in [0.2, 0.25) is 0 Å². The van der Waals surface area contributed by atoms with Crippen molar-refractivity contribution in [3.8, 4) is 5.75 Å². The molecule has 2 N–H and O–H groups in total. The lowest BCUT2D eigenvalue weighted by Crippen LogP contribution is -2.28. The van der Waals surface area contributed by atoms with Gasteiger partial charge in [0.1, 0.15) is 12.4 Å². The Balaban J connectivity index is 1.33. The summed E-state index contributed by atoms with van der Waals surface area (Å²) >= 11 is 0. The fourth-order valence-corrected chi connectivity index (χ4v) is 3.40. The van der Waals surface area contributed by atoms with Crippen molar-refractivity contribution in [1.29, 1.82) is 0 Å². The van der Waals surface area contributed by atoms with E-state index in [4.69, 9.17) is 4.74 Å². The Hall–Kier alpha value is -2.69. The number of hydrogen-bond acceptors (Lipinski definition) is 4. The number of nitrogens with zero attached hydrogens (tertiary/aromatic N) is 1. The molecule has 2 atom stereocenters. The van der Waals surface area contributed by atoms with Crippen molar-refractivity contribution in [1.82, 2.24) is 10.3 Å². The Labute approximate surface area is 153 Å². The zero-order chi connectivity index (χ0) is 17.8. The smallest absolute Gasteiger partial charge is 0.119 e.